The Morgan fingerprint density at radius 2 is 2.32 bits per heavy atom. The van der Waals surface area contributed by atoms with E-state index in [2.05, 4.69) is 0 Å². The Bertz CT molecular complexity index is 459. The molecule has 104 valence electrons. The molecule has 3 N–H and O–H groups in total. The van der Waals surface area contributed by atoms with Gasteiger partial charge in [0, 0.05) is 18.7 Å². The summed E-state index contributed by atoms with van der Waals surface area (Å²) >= 11 is 0. The van der Waals surface area contributed by atoms with Gasteiger partial charge in [-0.2, -0.15) is 0 Å². The van der Waals surface area contributed by atoms with Crippen LogP contribution in [0, 0.1) is 0 Å². The lowest BCUT2D eigenvalue weighted by molar-refractivity contribution is -0.118. The molecule has 0 radical (unpaired) electrons. The second kappa shape index (κ2) is 6.17. The predicted octanol–water partition coefficient (Wildman–Crippen LogP) is 1.76. The van der Waals surface area contributed by atoms with Crippen molar-refractivity contribution >= 4 is 11.6 Å². The minimum atomic E-state index is -0.504. The minimum Gasteiger partial charge on any atom is -0.388 e. The number of amides is 1. The minimum absolute atomic E-state index is 0.191. The highest BCUT2D eigenvalue weighted by molar-refractivity contribution is 5.95. The van der Waals surface area contributed by atoms with Crippen molar-refractivity contribution < 1.29 is 9.90 Å². The van der Waals surface area contributed by atoms with Crippen LogP contribution in [0.15, 0.2) is 18.2 Å². The zero-order chi connectivity index (χ0) is 13.8. The Morgan fingerprint density at radius 3 is 3.00 bits per heavy atom. The maximum Gasteiger partial charge on any atom is 0.226 e. The first kappa shape index (κ1) is 14.0. The highest BCUT2D eigenvalue weighted by atomic mass is 16.3. The van der Waals surface area contributed by atoms with Crippen molar-refractivity contribution in [2.24, 2.45) is 5.73 Å². The summed E-state index contributed by atoms with van der Waals surface area (Å²) in [5.41, 5.74) is 8.51. The van der Waals surface area contributed by atoms with E-state index in [-0.39, 0.29) is 5.91 Å². The third-order valence-electron chi connectivity index (χ3n) is 3.59. The van der Waals surface area contributed by atoms with E-state index >= 15 is 0 Å². The van der Waals surface area contributed by atoms with Crippen LogP contribution in [0.25, 0.3) is 0 Å². The summed E-state index contributed by atoms with van der Waals surface area (Å²) in [6.45, 7) is 3.24. The highest BCUT2D eigenvalue weighted by Gasteiger charge is 2.24. The number of nitrogens with two attached hydrogens (primary N) is 1. The lowest BCUT2D eigenvalue weighted by Gasteiger charge is -2.18. The van der Waals surface area contributed by atoms with Crippen LogP contribution in [0.4, 0.5) is 5.69 Å². The molecule has 1 amide bonds. The van der Waals surface area contributed by atoms with Gasteiger partial charge in [-0.25, -0.2) is 0 Å². The van der Waals surface area contributed by atoms with Gasteiger partial charge < -0.3 is 15.7 Å². The van der Waals surface area contributed by atoms with Crippen LogP contribution < -0.4 is 10.6 Å². The van der Waals surface area contributed by atoms with E-state index in [0.29, 0.717) is 19.4 Å². The van der Waals surface area contributed by atoms with Crippen LogP contribution in [-0.4, -0.2) is 24.1 Å². The molecule has 0 aromatic heterocycles. The zero-order valence-electron chi connectivity index (χ0n) is 11.4. The number of hydrogen-bond acceptors (Lipinski definition) is 3. The Hall–Kier alpha value is -1.39. The normalized spacial score (nSPS) is 15.4. The van der Waals surface area contributed by atoms with Gasteiger partial charge in [0.2, 0.25) is 5.91 Å². The average Bonchev–Trinajstić information content (AvgIpc) is 2.82. The topological polar surface area (TPSA) is 66.6 Å². The third-order valence-corrected chi connectivity index (χ3v) is 3.59. The maximum absolute atomic E-state index is 12.0. The van der Waals surface area contributed by atoms with Crippen LogP contribution in [0.3, 0.4) is 0 Å². The van der Waals surface area contributed by atoms with E-state index in [4.69, 9.17) is 5.73 Å². The molecule has 2 rings (SSSR count). The van der Waals surface area contributed by atoms with Gasteiger partial charge in [0.05, 0.1) is 6.10 Å². The molecule has 0 bridgehead atoms. The second-order valence-corrected chi connectivity index (χ2v) is 5.03. The molecule has 1 aliphatic heterocycles. The number of anilines is 1. The number of benzene rings is 1. The molecule has 19 heavy (non-hydrogen) atoms. The molecule has 4 nitrogen and oxygen atoms in total. The number of aliphatic hydroxyl groups is 1. The number of carbonyl (C=O) groups excluding carboxylic acids is 1. The lowest BCUT2D eigenvalue weighted by atomic mass is 10.0. The predicted molar refractivity (Wildman–Crippen MR) is 76.0 cm³/mol. The Balaban J connectivity index is 2.18. The van der Waals surface area contributed by atoms with Gasteiger partial charge in [0.1, 0.15) is 0 Å². The third kappa shape index (κ3) is 2.96. The van der Waals surface area contributed by atoms with Crippen molar-refractivity contribution in [1.29, 1.82) is 0 Å². The number of aliphatic hydroxyl groups excluding tert-OH is 1. The number of nitrogens with zero attached hydrogens (tertiary/aromatic N) is 1. The van der Waals surface area contributed by atoms with Crippen LogP contribution in [0.5, 0.6) is 0 Å². The molecule has 1 aliphatic rings. The summed E-state index contributed by atoms with van der Waals surface area (Å²) in [4.78, 5) is 13.8. The molecular weight excluding hydrogens is 240 g/mol. The molecule has 0 saturated heterocycles. The summed E-state index contributed by atoms with van der Waals surface area (Å²) < 4.78 is 0. The van der Waals surface area contributed by atoms with Gasteiger partial charge in [0.15, 0.2) is 0 Å². The fraction of sp³-hybridized carbons (Fsp3) is 0.533. The van der Waals surface area contributed by atoms with E-state index in [9.17, 15) is 9.90 Å². The highest BCUT2D eigenvalue weighted by Crippen LogP contribution is 2.31. The first-order chi connectivity index (χ1) is 9.17. The largest absolute Gasteiger partial charge is 0.388 e. The molecule has 1 aromatic carbocycles. The van der Waals surface area contributed by atoms with Gasteiger partial charge >= 0.3 is 0 Å². The first-order valence-corrected chi connectivity index (χ1v) is 6.98. The number of hydrogen-bond donors (Lipinski definition) is 2. The molecule has 4 heteroatoms. The quantitative estimate of drug-likeness (QED) is 0.849. The monoisotopic (exact) mass is 262 g/mol. The van der Waals surface area contributed by atoms with Crippen molar-refractivity contribution in [2.45, 2.75) is 38.7 Å². The summed E-state index contributed by atoms with van der Waals surface area (Å²) in [5.74, 6) is 0.191. The SMILES string of the molecule is CCCC(=O)N1CCc2cc(C(O)CCN)ccc21. The smallest absolute Gasteiger partial charge is 0.226 e. The Labute approximate surface area is 114 Å². The van der Waals surface area contributed by atoms with E-state index in [1.165, 1.54) is 0 Å². The van der Waals surface area contributed by atoms with E-state index in [1.54, 1.807) is 0 Å². The van der Waals surface area contributed by atoms with Gasteiger partial charge in [-0.15, -0.1) is 0 Å². The van der Waals surface area contributed by atoms with Crippen molar-refractivity contribution in [3.63, 3.8) is 0 Å². The maximum atomic E-state index is 12.0. The fourth-order valence-corrected chi connectivity index (χ4v) is 2.56. The van der Waals surface area contributed by atoms with Crippen LogP contribution >= 0.6 is 0 Å². The molecule has 0 spiro atoms. The number of carbonyl (C=O) groups is 1. The molecule has 1 unspecified atom stereocenters. The zero-order valence-corrected chi connectivity index (χ0v) is 11.4. The lowest BCUT2D eigenvalue weighted by Crippen LogP contribution is -2.28. The molecule has 0 saturated carbocycles. The molecule has 0 aliphatic carbocycles. The molecular formula is C15H22N2O2. The standard InChI is InChI=1S/C15H22N2O2/c1-2-3-15(19)17-9-7-11-10-12(4-5-13(11)17)14(18)6-8-16/h4-5,10,14,18H,2-3,6-9,16H2,1H3. The number of rotatable bonds is 5. The molecule has 0 fully saturated rings. The fourth-order valence-electron chi connectivity index (χ4n) is 2.56. The summed E-state index contributed by atoms with van der Waals surface area (Å²) in [5, 5.41) is 9.95. The summed E-state index contributed by atoms with van der Waals surface area (Å²) in [7, 11) is 0. The van der Waals surface area contributed by atoms with Crippen molar-refractivity contribution in [2.75, 3.05) is 18.0 Å². The first-order valence-electron chi connectivity index (χ1n) is 6.98. The van der Waals surface area contributed by atoms with Crippen molar-refractivity contribution in [3.8, 4) is 0 Å². The number of fused-ring (bicyclic) bond motifs is 1. The van der Waals surface area contributed by atoms with E-state index < -0.39 is 6.10 Å². The van der Waals surface area contributed by atoms with E-state index in [1.807, 2.05) is 30.0 Å². The van der Waals surface area contributed by atoms with Crippen molar-refractivity contribution in [1.82, 2.24) is 0 Å². The van der Waals surface area contributed by atoms with E-state index in [0.717, 1.165) is 36.2 Å². The molecule has 1 heterocycles. The van der Waals surface area contributed by atoms with Gasteiger partial charge in [-0.3, -0.25) is 4.79 Å². The molecule has 1 aromatic rings. The Morgan fingerprint density at radius 1 is 1.53 bits per heavy atom. The van der Waals surface area contributed by atoms with Crippen LogP contribution in [0.2, 0.25) is 0 Å². The van der Waals surface area contributed by atoms with Gasteiger partial charge in [-0.05, 0) is 43.0 Å². The average molecular weight is 262 g/mol. The summed E-state index contributed by atoms with van der Waals surface area (Å²) in [6.07, 6.45) is 2.40. The second-order valence-electron chi connectivity index (χ2n) is 5.03. The van der Waals surface area contributed by atoms with Gasteiger partial charge in [0.25, 0.3) is 0 Å². The van der Waals surface area contributed by atoms with Gasteiger partial charge in [-0.1, -0.05) is 19.1 Å². The van der Waals surface area contributed by atoms with Crippen LogP contribution in [0.1, 0.15) is 43.4 Å². The van der Waals surface area contributed by atoms with Crippen molar-refractivity contribution in [3.05, 3.63) is 29.3 Å². The Kier molecular flexibility index (Phi) is 4.56. The molecule has 1 atom stereocenters. The summed E-state index contributed by atoms with van der Waals surface area (Å²) in [6, 6.07) is 5.86. The van der Waals surface area contributed by atoms with Crippen LogP contribution in [-0.2, 0) is 11.2 Å².